The van der Waals surface area contributed by atoms with E-state index >= 15 is 0 Å². The van der Waals surface area contributed by atoms with Gasteiger partial charge < -0.3 is 14.2 Å². The summed E-state index contributed by atoms with van der Waals surface area (Å²) in [6.45, 7) is 7.94. The lowest BCUT2D eigenvalue weighted by Gasteiger charge is -2.43. The highest BCUT2D eigenvalue weighted by Crippen LogP contribution is 2.53. The Kier molecular flexibility index (Phi) is 2.73. The van der Waals surface area contributed by atoms with Gasteiger partial charge in [-0.3, -0.25) is 0 Å². The first-order valence-electron chi connectivity index (χ1n) is 9.65. The van der Waals surface area contributed by atoms with Crippen molar-refractivity contribution in [2.24, 2.45) is 0 Å². The first kappa shape index (κ1) is 15.2. The maximum atomic E-state index is 6.09. The molecular formula is C24H22N2O. The number of fused-ring (bicyclic) bond motifs is 8. The molecule has 134 valence electrons. The fourth-order valence-electron chi connectivity index (χ4n) is 5.36. The van der Waals surface area contributed by atoms with Crippen LogP contribution in [0.2, 0.25) is 0 Å². The predicted molar refractivity (Wildman–Crippen MR) is 112 cm³/mol. The third-order valence-electron chi connectivity index (χ3n) is 6.58. The van der Waals surface area contributed by atoms with E-state index in [1.165, 1.54) is 33.3 Å². The summed E-state index contributed by atoms with van der Waals surface area (Å²) >= 11 is 0. The third kappa shape index (κ3) is 1.77. The molecule has 0 radical (unpaired) electrons. The summed E-state index contributed by atoms with van der Waals surface area (Å²) in [6.07, 6.45) is 0.333. The SMILES string of the molecule is Cc1cc2oc3ccccc3c2cc1N1C(C)N2CC1(C)c1ccccc12. The molecule has 2 bridgehead atoms. The second-order valence-electron chi connectivity index (χ2n) is 8.15. The second-order valence-corrected chi connectivity index (χ2v) is 8.15. The first-order valence-corrected chi connectivity index (χ1v) is 9.65. The Labute approximate surface area is 158 Å². The van der Waals surface area contributed by atoms with Gasteiger partial charge in [0.25, 0.3) is 0 Å². The quantitative estimate of drug-likeness (QED) is 0.431. The van der Waals surface area contributed by atoms with Crippen LogP contribution in [0.25, 0.3) is 21.9 Å². The van der Waals surface area contributed by atoms with Crippen LogP contribution in [-0.4, -0.2) is 12.7 Å². The Bertz CT molecular complexity index is 1220. The van der Waals surface area contributed by atoms with E-state index in [4.69, 9.17) is 4.42 Å². The molecule has 27 heavy (non-hydrogen) atoms. The van der Waals surface area contributed by atoms with Crippen molar-refractivity contribution in [2.45, 2.75) is 32.5 Å². The van der Waals surface area contributed by atoms with Crippen LogP contribution in [-0.2, 0) is 5.54 Å². The summed E-state index contributed by atoms with van der Waals surface area (Å²) < 4.78 is 6.09. The molecule has 3 heterocycles. The lowest BCUT2D eigenvalue weighted by molar-refractivity contribution is 0.511. The molecule has 6 rings (SSSR count). The Morgan fingerprint density at radius 3 is 2.59 bits per heavy atom. The zero-order valence-electron chi connectivity index (χ0n) is 15.9. The number of anilines is 2. The number of nitrogens with zero attached hydrogens (tertiary/aromatic N) is 2. The predicted octanol–water partition coefficient (Wildman–Crippen LogP) is 5.80. The van der Waals surface area contributed by atoms with Gasteiger partial charge in [-0.2, -0.15) is 0 Å². The van der Waals surface area contributed by atoms with Crippen LogP contribution in [0.3, 0.4) is 0 Å². The molecule has 3 aromatic carbocycles. The van der Waals surface area contributed by atoms with E-state index in [1.807, 2.05) is 12.1 Å². The highest BCUT2D eigenvalue weighted by atomic mass is 16.3. The van der Waals surface area contributed by atoms with Crippen LogP contribution in [0.15, 0.2) is 65.1 Å². The van der Waals surface area contributed by atoms with Gasteiger partial charge >= 0.3 is 0 Å². The molecule has 2 atom stereocenters. The largest absolute Gasteiger partial charge is 0.456 e. The average Bonchev–Trinajstić information content (AvgIpc) is 3.26. The zero-order valence-corrected chi connectivity index (χ0v) is 15.9. The lowest BCUT2D eigenvalue weighted by Crippen LogP contribution is -2.47. The maximum absolute atomic E-state index is 6.09. The topological polar surface area (TPSA) is 19.6 Å². The molecule has 2 unspecified atom stereocenters. The van der Waals surface area contributed by atoms with Gasteiger partial charge in [0.1, 0.15) is 11.2 Å². The number of benzene rings is 3. The molecule has 2 aliphatic rings. The van der Waals surface area contributed by atoms with Crippen molar-refractivity contribution in [3.05, 3.63) is 71.8 Å². The van der Waals surface area contributed by atoms with Crippen molar-refractivity contribution in [1.29, 1.82) is 0 Å². The molecule has 4 aromatic rings. The highest BCUT2D eigenvalue weighted by molar-refractivity contribution is 6.06. The third-order valence-corrected chi connectivity index (χ3v) is 6.58. The number of para-hydroxylation sites is 2. The van der Waals surface area contributed by atoms with E-state index in [0.717, 1.165) is 17.7 Å². The van der Waals surface area contributed by atoms with Gasteiger partial charge in [0.05, 0.1) is 11.7 Å². The van der Waals surface area contributed by atoms with E-state index in [0.29, 0.717) is 6.17 Å². The number of furan rings is 1. The number of hydrogen-bond donors (Lipinski definition) is 0. The van der Waals surface area contributed by atoms with Gasteiger partial charge in [-0.15, -0.1) is 0 Å². The summed E-state index contributed by atoms with van der Waals surface area (Å²) in [5.74, 6) is 0. The van der Waals surface area contributed by atoms with Crippen LogP contribution in [0.1, 0.15) is 25.0 Å². The van der Waals surface area contributed by atoms with E-state index in [9.17, 15) is 0 Å². The molecule has 0 N–H and O–H groups in total. The molecular weight excluding hydrogens is 332 g/mol. The van der Waals surface area contributed by atoms with Gasteiger partial charge in [-0.1, -0.05) is 36.4 Å². The number of rotatable bonds is 1. The molecule has 0 spiro atoms. The normalized spacial score (nSPS) is 23.6. The van der Waals surface area contributed by atoms with Gasteiger partial charge in [0.15, 0.2) is 0 Å². The van der Waals surface area contributed by atoms with Crippen molar-refractivity contribution in [1.82, 2.24) is 0 Å². The van der Waals surface area contributed by atoms with Crippen molar-refractivity contribution < 1.29 is 4.42 Å². The second kappa shape index (κ2) is 4.86. The Balaban J connectivity index is 1.60. The van der Waals surface area contributed by atoms with Gasteiger partial charge in [0.2, 0.25) is 0 Å². The molecule has 1 fully saturated rings. The summed E-state index contributed by atoms with van der Waals surface area (Å²) in [4.78, 5) is 5.14. The monoisotopic (exact) mass is 354 g/mol. The fraction of sp³-hybridized carbons (Fsp3) is 0.250. The van der Waals surface area contributed by atoms with Crippen molar-refractivity contribution >= 4 is 33.3 Å². The van der Waals surface area contributed by atoms with Crippen molar-refractivity contribution in [3.63, 3.8) is 0 Å². The average molecular weight is 354 g/mol. The molecule has 0 amide bonds. The molecule has 1 aromatic heterocycles. The van der Waals surface area contributed by atoms with Gasteiger partial charge in [0, 0.05) is 34.3 Å². The molecule has 1 saturated heterocycles. The smallest absolute Gasteiger partial charge is 0.135 e. The minimum atomic E-state index is -0.00597. The van der Waals surface area contributed by atoms with Gasteiger partial charge in [-0.05, 0) is 50.6 Å². The zero-order chi connectivity index (χ0) is 18.3. The summed E-state index contributed by atoms with van der Waals surface area (Å²) in [5, 5.41) is 2.39. The lowest BCUT2D eigenvalue weighted by atomic mass is 9.90. The highest BCUT2D eigenvalue weighted by Gasteiger charge is 2.54. The Morgan fingerprint density at radius 2 is 1.70 bits per heavy atom. The fourth-order valence-corrected chi connectivity index (χ4v) is 5.36. The van der Waals surface area contributed by atoms with E-state index in [2.05, 4.69) is 79.1 Å². The Morgan fingerprint density at radius 1 is 0.926 bits per heavy atom. The minimum absolute atomic E-state index is 0.00597. The maximum Gasteiger partial charge on any atom is 0.135 e. The van der Waals surface area contributed by atoms with Crippen LogP contribution >= 0.6 is 0 Å². The van der Waals surface area contributed by atoms with E-state index in [1.54, 1.807) is 0 Å². The minimum Gasteiger partial charge on any atom is -0.456 e. The molecule has 0 saturated carbocycles. The molecule has 2 aliphatic heterocycles. The number of hydrogen-bond acceptors (Lipinski definition) is 3. The Hall–Kier alpha value is -2.94. The summed E-state index contributed by atoms with van der Waals surface area (Å²) in [7, 11) is 0. The van der Waals surface area contributed by atoms with Crippen LogP contribution in [0.5, 0.6) is 0 Å². The standard InChI is InChI=1S/C24H22N2O/c1-15-12-23-18(17-8-4-7-11-22(17)27-23)13-21(15)26-16(2)25-14-24(26,3)19-9-5-6-10-20(19)25/h4-13,16H,14H2,1-3H3. The first-order chi connectivity index (χ1) is 13.1. The van der Waals surface area contributed by atoms with Crippen LogP contribution in [0, 0.1) is 6.92 Å². The molecule has 3 nitrogen and oxygen atoms in total. The van der Waals surface area contributed by atoms with Crippen molar-refractivity contribution in [3.8, 4) is 0 Å². The van der Waals surface area contributed by atoms with E-state index < -0.39 is 0 Å². The summed E-state index contributed by atoms with van der Waals surface area (Å²) in [5.41, 5.74) is 7.31. The van der Waals surface area contributed by atoms with Crippen LogP contribution < -0.4 is 9.80 Å². The van der Waals surface area contributed by atoms with Crippen LogP contribution in [0.4, 0.5) is 11.4 Å². The molecule has 3 heteroatoms. The van der Waals surface area contributed by atoms with E-state index in [-0.39, 0.29) is 5.54 Å². The summed E-state index contributed by atoms with van der Waals surface area (Å²) in [6, 6.07) is 21.7. The van der Waals surface area contributed by atoms with Crippen molar-refractivity contribution in [2.75, 3.05) is 16.3 Å². The van der Waals surface area contributed by atoms with Gasteiger partial charge in [-0.25, -0.2) is 0 Å². The molecule has 0 aliphatic carbocycles. The number of aryl methyl sites for hydroxylation is 1.